The number of hydrogen-bond acceptors (Lipinski definition) is 3. The van der Waals surface area contributed by atoms with Crippen molar-refractivity contribution in [1.29, 1.82) is 0 Å². The highest BCUT2D eigenvalue weighted by Gasteiger charge is 2.29. The van der Waals surface area contributed by atoms with Crippen molar-refractivity contribution >= 4 is 5.97 Å². The van der Waals surface area contributed by atoms with Crippen molar-refractivity contribution < 1.29 is 15.0 Å². The van der Waals surface area contributed by atoms with Gasteiger partial charge in [0.1, 0.15) is 0 Å². The van der Waals surface area contributed by atoms with E-state index in [-0.39, 0.29) is 6.42 Å². The first kappa shape index (κ1) is 9.39. The topological polar surface area (TPSA) is 83.5 Å². The number of nitrogens with two attached hydrogens (primary N) is 1. The monoisotopic (exact) mass is 147 g/mol. The fourth-order valence-corrected chi connectivity index (χ4v) is 0.553. The SMILES string of the molecule is CCCC[C@](N)(O)C(=O)O. The maximum absolute atomic E-state index is 10.2. The molecule has 0 saturated carbocycles. The number of aliphatic carboxylic acids is 1. The van der Waals surface area contributed by atoms with Gasteiger partial charge in [0.05, 0.1) is 0 Å². The second-order valence-electron chi connectivity index (χ2n) is 2.33. The second-order valence-corrected chi connectivity index (χ2v) is 2.33. The summed E-state index contributed by atoms with van der Waals surface area (Å²) < 4.78 is 0. The summed E-state index contributed by atoms with van der Waals surface area (Å²) in [4.78, 5) is 10.2. The van der Waals surface area contributed by atoms with Gasteiger partial charge in [-0.15, -0.1) is 0 Å². The van der Waals surface area contributed by atoms with Crippen LogP contribution in [-0.4, -0.2) is 21.9 Å². The van der Waals surface area contributed by atoms with Gasteiger partial charge in [-0.2, -0.15) is 0 Å². The van der Waals surface area contributed by atoms with E-state index >= 15 is 0 Å². The minimum absolute atomic E-state index is 0.110. The molecule has 0 aromatic carbocycles. The van der Waals surface area contributed by atoms with Crippen LogP contribution in [0.4, 0.5) is 0 Å². The Bertz CT molecular complexity index is 122. The molecule has 0 fully saturated rings. The van der Waals surface area contributed by atoms with Crippen molar-refractivity contribution in [1.82, 2.24) is 0 Å². The normalized spacial score (nSPS) is 16.3. The highest BCUT2D eigenvalue weighted by atomic mass is 16.4. The van der Waals surface area contributed by atoms with Gasteiger partial charge >= 0.3 is 5.97 Å². The van der Waals surface area contributed by atoms with E-state index in [4.69, 9.17) is 15.9 Å². The number of unbranched alkanes of at least 4 members (excludes halogenated alkanes) is 1. The average molecular weight is 147 g/mol. The largest absolute Gasteiger partial charge is 0.478 e. The summed E-state index contributed by atoms with van der Waals surface area (Å²) in [6.07, 6.45) is 1.56. The van der Waals surface area contributed by atoms with Gasteiger partial charge in [-0.3, -0.25) is 5.73 Å². The van der Waals surface area contributed by atoms with Gasteiger partial charge in [0.15, 0.2) is 0 Å². The Balaban J connectivity index is 3.75. The van der Waals surface area contributed by atoms with E-state index in [1.54, 1.807) is 0 Å². The van der Waals surface area contributed by atoms with Crippen molar-refractivity contribution in [3.05, 3.63) is 0 Å². The van der Waals surface area contributed by atoms with Crippen LogP contribution in [0.15, 0.2) is 0 Å². The zero-order valence-electron chi connectivity index (χ0n) is 6.00. The summed E-state index contributed by atoms with van der Waals surface area (Å²) in [5, 5.41) is 17.2. The van der Waals surface area contributed by atoms with Gasteiger partial charge in [0.25, 0.3) is 0 Å². The van der Waals surface area contributed by atoms with Crippen LogP contribution < -0.4 is 5.73 Å². The van der Waals surface area contributed by atoms with Crippen LogP contribution in [0.5, 0.6) is 0 Å². The standard InChI is InChI=1S/C6H13NO3/c1-2-3-4-6(7,10)5(8)9/h10H,2-4,7H2,1H3,(H,8,9)/t6-/m0/s1. The van der Waals surface area contributed by atoms with Crippen molar-refractivity contribution in [2.75, 3.05) is 0 Å². The van der Waals surface area contributed by atoms with E-state index in [0.29, 0.717) is 6.42 Å². The number of carboxylic acid groups (broad SMARTS) is 1. The predicted molar refractivity (Wildman–Crippen MR) is 36.3 cm³/mol. The van der Waals surface area contributed by atoms with Crippen molar-refractivity contribution in [2.45, 2.75) is 31.9 Å². The van der Waals surface area contributed by atoms with Crippen molar-refractivity contribution in [3.8, 4) is 0 Å². The lowest BCUT2D eigenvalue weighted by Crippen LogP contribution is -2.47. The molecule has 0 saturated heterocycles. The molecular formula is C6H13NO3. The first-order chi connectivity index (χ1) is 4.50. The lowest BCUT2D eigenvalue weighted by Gasteiger charge is -2.16. The van der Waals surface area contributed by atoms with Crippen LogP contribution in [0.25, 0.3) is 0 Å². The summed E-state index contributed by atoms with van der Waals surface area (Å²) in [5.41, 5.74) is 2.97. The number of hydrogen-bond donors (Lipinski definition) is 3. The first-order valence-corrected chi connectivity index (χ1v) is 3.25. The highest BCUT2D eigenvalue weighted by molar-refractivity contribution is 5.75. The van der Waals surface area contributed by atoms with Crippen molar-refractivity contribution in [2.24, 2.45) is 5.73 Å². The molecule has 0 bridgehead atoms. The van der Waals surface area contributed by atoms with E-state index < -0.39 is 11.7 Å². The van der Waals surface area contributed by atoms with Gasteiger partial charge in [-0.1, -0.05) is 13.3 Å². The quantitative estimate of drug-likeness (QED) is 0.485. The molecule has 1 atom stereocenters. The molecule has 0 aromatic rings. The van der Waals surface area contributed by atoms with Gasteiger partial charge in [0.2, 0.25) is 5.72 Å². The van der Waals surface area contributed by atoms with Crippen LogP contribution in [-0.2, 0) is 4.79 Å². The van der Waals surface area contributed by atoms with Gasteiger partial charge in [0, 0.05) is 6.42 Å². The summed E-state index contributed by atoms with van der Waals surface area (Å²) in [6.45, 7) is 1.90. The lowest BCUT2D eigenvalue weighted by atomic mass is 10.1. The Morgan fingerprint density at radius 3 is 2.50 bits per heavy atom. The third-order valence-corrected chi connectivity index (χ3v) is 1.28. The highest BCUT2D eigenvalue weighted by Crippen LogP contribution is 2.07. The Morgan fingerprint density at radius 2 is 2.20 bits per heavy atom. The molecule has 0 unspecified atom stereocenters. The summed E-state index contributed by atoms with van der Waals surface area (Å²) >= 11 is 0. The number of carbonyl (C=O) groups is 1. The second kappa shape index (κ2) is 3.53. The van der Waals surface area contributed by atoms with E-state index in [2.05, 4.69) is 0 Å². The van der Waals surface area contributed by atoms with Crippen LogP contribution >= 0.6 is 0 Å². The number of carboxylic acids is 1. The van der Waals surface area contributed by atoms with E-state index in [1.807, 2.05) is 6.92 Å². The summed E-state index contributed by atoms with van der Waals surface area (Å²) in [5.74, 6) is -1.36. The molecule has 0 aliphatic carbocycles. The van der Waals surface area contributed by atoms with E-state index in [0.717, 1.165) is 6.42 Å². The molecule has 0 aliphatic rings. The Morgan fingerprint density at radius 1 is 1.70 bits per heavy atom. The van der Waals surface area contributed by atoms with Gasteiger partial charge in [-0.25, -0.2) is 4.79 Å². The summed E-state index contributed by atoms with van der Waals surface area (Å²) in [6, 6.07) is 0. The summed E-state index contributed by atoms with van der Waals surface area (Å²) in [7, 11) is 0. The molecule has 0 amide bonds. The lowest BCUT2D eigenvalue weighted by molar-refractivity contribution is -0.158. The molecular weight excluding hydrogens is 134 g/mol. The van der Waals surface area contributed by atoms with Gasteiger partial charge in [-0.05, 0) is 6.42 Å². The molecule has 0 aromatic heterocycles. The van der Waals surface area contributed by atoms with Crippen molar-refractivity contribution in [3.63, 3.8) is 0 Å². The predicted octanol–water partition coefficient (Wildman–Crippen LogP) is -0.0915. The zero-order valence-corrected chi connectivity index (χ0v) is 6.00. The third kappa shape index (κ3) is 2.80. The van der Waals surface area contributed by atoms with E-state index in [1.165, 1.54) is 0 Å². The molecule has 4 nitrogen and oxygen atoms in total. The molecule has 0 radical (unpaired) electrons. The molecule has 0 rings (SSSR count). The number of rotatable bonds is 4. The Labute approximate surface area is 59.7 Å². The molecule has 0 aliphatic heterocycles. The maximum atomic E-state index is 10.2. The van der Waals surface area contributed by atoms with E-state index in [9.17, 15) is 4.79 Å². The molecule has 0 heterocycles. The number of aliphatic hydroxyl groups is 1. The van der Waals surface area contributed by atoms with Crippen LogP contribution in [0.2, 0.25) is 0 Å². The Hall–Kier alpha value is -0.610. The minimum Gasteiger partial charge on any atom is -0.478 e. The zero-order chi connectivity index (χ0) is 8.20. The Kier molecular flexibility index (Phi) is 3.32. The fraction of sp³-hybridized carbons (Fsp3) is 0.833. The molecule has 4 heteroatoms. The fourth-order valence-electron chi connectivity index (χ4n) is 0.553. The third-order valence-electron chi connectivity index (χ3n) is 1.28. The van der Waals surface area contributed by atoms with Crippen LogP contribution in [0.1, 0.15) is 26.2 Å². The van der Waals surface area contributed by atoms with Crippen LogP contribution in [0, 0.1) is 0 Å². The molecule has 4 N–H and O–H groups in total. The van der Waals surface area contributed by atoms with Gasteiger partial charge < -0.3 is 10.2 Å². The van der Waals surface area contributed by atoms with Crippen LogP contribution in [0.3, 0.4) is 0 Å². The first-order valence-electron chi connectivity index (χ1n) is 3.25. The maximum Gasteiger partial charge on any atom is 0.350 e. The smallest absolute Gasteiger partial charge is 0.350 e. The molecule has 10 heavy (non-hydrogen) atoms. The molecule has 0 spiro atoms. The average Bonchev–Trinajstić information content (AvgIpc) is 1.84. The molecule has 60 valence electrons. The minimum atomic E-state index is -2.03.